The fraction of sp³-hybridized carbons (Fsp3) is 0.227. The number of rotatable bonds is 4. The van der Waals surface area contributed by atoms with E-state index >= 15 is 0 Å². The molecular formula is C22H20N2O3S. The lowest BCUT2D eigenvalue weighted by Gasteiger charge is -2.35. The number of anilines is 1. The van der Waals surface area contributed by atoms with Crippen molar-refractivity contribution in [3.05, 3.63) is 65.0 Å². The Morgan fingerprint density at radius 2 is 1.89 bits per heavy atom. The van der Waals surface area contributed by atoms with E-state index in [-0.39, 0.29) is 17.7 Å². The largest absolute Gasteiger partial charge is 0.321 e. The highest BCUT2D eigenvalue weighted by Crippen LogP contribution is 2.36. The van der Waals surface area contributed by atoms with Gasteiger partial charge in [0.05, 0.1) is 10.3 Å². The minimum absolute atomic E-state index is 0.153. The predicted molar refractivity (Wildman–Crippen MR) is 111 cm³/mol. The lowest BCUT2D eigenvalue weighted by molar-refractivity contribution is -0.138. The summed E-state index contributed by atoms with van der Waals surface area (Å²) in [5, 5.41) is 6.42. The zero-order valence-electron chi connectivity index (χ0n) is 15.5. The first-order chi connectivity index (χ1) is 13.5. The summed E-state index contributed by atoms with van der Waals surface area (Å²) in [4.78, 5) is 37.2. The van der Waals surface area contributed by atoms with Gasteiger partial charge >= 0.3 is 0 Å². The second kappa shape index (κ2) is 7.20. The summed E-state index contributed by atoms with van der Waals surface area (Å²) in [5.41, 5.74) is 0.840. The summed E-state index contributed by atoms with van der Waals surface area (Å²) in [6, 6.07) is 17.1. The van der Waals surface area contributed by atoms with Gasteiger partial charge in [-0.15, -0.1) is 11.3 Å². The summed E-state index contributed by atoms with van der Waals surface area (Å²) < 4.78 is 1.07. The molecule has 28 heavy (non-hydrogen) atoms. The van der Waals surface area contributed by atoms with Gasteiger partial charge < -0.3 is 5.32 Å². The molecule has 3 aromatic rings. The minimum atomic E-state index is -0.693. The van der Waals surface area contributed by atoms with Crippen molar-refractivity contribution in [3.63, 3.8) is 0 Å². The van der Waals surface area contributed by atoms with Gasteiger partial charge in [0.25, 0.3) is 5.91 Å². The highest BCUT2D eigenvalue weighted by atomic mass is 32.1. The first kappa shape index (κ1) is 18.4. The molecule has 2 heterocycles. The van der Waals surface area contributed by atoms with Crippen LogP contribution in [0.5, 0.6) is 0 Å². The fourth-order valence-corrected chi connectivity index (χ4v) is 4.68. The van der Waals surface area contributed by atoms with Crippen LogP contribution in [0, 0.1) is 0 Å². The smallest absolute Gasteiger partial charge is 0.265 e. The highest BCUT2D eigenvalue weighted by Gasteiger charge is 2.42. The molecule has 0 spiro atoms. The van der Waals surface area contributed by atoms with Crippen molar-refractivity contribution >= 4 is 44.8 Å². The molecule has 0 saturated carbocycles. The summed E-state index contributed by atoms with van der Waals surface area (Å²) in [6.45, 7) is 1.95. The Bertz CT molecular complexity index is 1040. The molecule has 1 aromatic heterocycles. The van der Waals surface area contributed by atoms with Crippen molar-refractivity contribution in [2.24, 2.45) is 0 Å². The van der Waals surface area contributed by atoms with Gasteiger partial charge in [0, 0.05) is 16.8 Å². The summed E-state index contributed by atoms with van der Waals surface area (Å²) in [7, 11) is 0. The van der Waals surface area contributed by atoms with Gasteiger partial charge in [-0.2, -0.15) is 0 Å². The van der Waals surface area contributed by atoms with E-state index in [0.717, 1.165) is 15.6 Å². The lowest BCUT2D eigenvalue weighted by Crippen LogP contribution is -2.51. The number of piperidine rings is 1. The molecule has 2 aromatic carbocycles. The number of hydrogen-bond acceptors (Lipinski definition) is 4. The average molecular weight is 392 g/mol. The van der Waals surface area contributed by atoms with Crippen LogP contribution >= 0.6 is 11.3 Å². The van der Waals surface area contributed by atoms with E-state index in [4.69, 9.17) is 0 Å². The molecule has 1 saturated heterocycles. The molecule has 6 heteroatoms. The van der Waals surface area contributed by atoms with Gasteiger partial charge in [0.15, 0.2) is 0 Å². The standard InChI is InChI=1S/C22H20N2O3S/c1-2-22(12-11-19(25)24-21(22)27)15-7-9-16(10-8-15)23-20(26)18-13-14-5-3-4-6-17(14)28-18/h3-10,13H,2,11-12H2,1H3,(H,23,26)(H,24,25,27). The Morgan fingerprint density at radius 1 is 1.14 bits per heavy atom. The lowest BCUT2D eigenvalue weighted by atomic mass is 9.72. The number of amides is 3. The third kappa shape index (κ3) is 3.20. The third-order valence-electron chi connectivity index (χ3n) is 5.41. The Balaban J connectivity index is 1.53. The van der Waals surface area contributed by atoms with Crippen LogP contribution in [0.3, 0.4) is 0 Å². The summed E-state index contributed by atoms with van der Waals surface area (Å²) in [6.07, 6.45) is 1.45. The molecule has 2 N–H and O–H groups in total. The van der Waals surface area contributed by atoms with Gasteiger partial charge in [0.1, 0.15) is 0 Å². The van der Waals surface area contributed by atoms with Crippen LogP contribution in [0.4, 0.5) is 5.69 Å². The van der Waals surface area contributed by atoms with Crippen LogP contribution in [0.1, 0.15) is 41.4 Å². The maximum absolute atomic E-state index is 12.6. The van der Waals surface area contributed by atoms with Gasteiger partial charge in [0.2, 0.25) is 11.8 Å². The topological polar surface area (TPSA) is 75.3 Å². The maximum Gasteiger partial charge on any atom is 0.265 e. The average Bonchev–Trinajstić information content (AvgIpc) is 3.14. The molecule has 142 valence electrons. The van der Waals surface area contributed by atoms with E-state index in [0.29, 0.717) is 29.8 Å². The number of imide groups is 1. The van der Waals surface area contributed by atoms with Crippen LogP contribution in [0.25, 0.3) is 10.1 Å². The Kier molecular flexibility index (Phi) is 4.73. The van der Waals surface area contributed by atoms with Crippen molar-refractivity contribution < 1.29 is 14.4 Å². The first-order valence-electron chi connectivity index (χ1n) is 9.26. The number of thiophene rings is 1. The van der Waals surface area contributed by atoms with E-state index in [1.54, 1.807) is 0 Å². The third-order valence-corrected chi connectivity index (χ3v) is 6.53. The van der Waals surface area contributed by atoms with E-state index in [1.807, 2.05) is 61.5 Å². The Morgan fingerprint density at radius 3 is 2.57 bits per heavy atom. The summed E-state index contributed by atoms with van der Waals surface area (Å²) in [5.74, 6) is -0.616. The second-order valence-electron chi connectivity index (χ2n) is 6.99. The number of hydrogen-bond donors (Lipinski definition) is 2. The first-order valence-corrected chi connectivity index (χ1v) is 10.1. The van der Waals surface area contributed by atoms with Crippen LogP contribution in [0.15, 0.2) is 54.6 Å². The normalized spacial score (nSPS) is 19.5. The molecule has 0 radical (unpaired) electrons. The molecule has 3 amide bonds. The van der Waals surface area contributed by atoms with Crippen LogP contribution in [-0.2, 0) is 15.0 Å². The predicted octanol–water partition coefficient (Wildman–Crippen LogP) is 4.24. The molecule has 5 nitrogen and oxygen atoms in total. The molecular weight excluding hydrogens is 372 g/mol. The van der Waals surface area contributed by atoms with E-state index in [9.17, 15) is 14.4 Å². The fourth-order valence-electron chi connectivity index (χ4n) is 3.73. The van der Waals surface area contributed by atoms with Crippen LogP contribution in [-0.4, -0.2) is 17.7 Å². The molecule has 1 unspecified atom stereocenters. The van der Waals surface area contributed by atoms with Crippen molar-refractivity contribution in [1.82, 2.24) is 5.32 Å². The number of carbonyl (C=O) groups excluding carboxylic acids is 3. The molecule has 1 fully saturated rings. The van der Waals surface area contributed by atoms with Crippen molar-refractivity contribution in [3.8, 4) is 0 Å². The SMILES string of the molecule is CCC1(c2ccc(NC(=O)c3cc4ccccc4s3)cc2)CCC(=O)NC1=O. The Hall–Kier alpha value is -2.99. The number of carbonyl (C=O) groups is 3. The van der Waals surface area contributed by atoms with Crippen molar-refractivity contribution in [2.45, 2.75) is 31.6 Å². The number of benzene rings is 2. The van der Waals surface area contributed by atoms with E-state index in [1.165, 1.54) is 11.3 Å². The molecule has 0 bridgehead atoms. The number of nitrogens with one attached hydrogen (secondary N) is 2. The summed E-state index contributed by atoms with van der Waals surface area (Å²) >= 11 is 1.46. The minimum Gasteiger partial charge on any atom is -0.321 e. The Labute approximate surface area is 166 Å². The molecule has 4 rings (SSSR count). The molecule has 1 atom stereocenters. The van der Waals surface area contributed by atoms with Crippen molar-refractivity contribution in [1.29, 1.82) is 0 Å². The van der Waals surface area contributed by atoms with Crippen molar-refractivity contribution in [2.75, 3.05) is 5.32 Å². The molecule has 1 aliphatic rings. The van der Waals surface area contributed by atoms with Crippen LogP contribution < -0.4 is 10.6 Å². The monoisotopic (exact) mass is 392 g/mol. The van der Waals surface area contributed by atoms with Gasteiger partial charge in [-0.25, -0.2) is 0 Å². The second-order valence-corrected chi connectivity index (χ2v) is 8.08. The van der Waals surface area contributed by atoms with E-state index < -0.39 is 5.41 Å². The zero-order valence-corrected chi connectivity index (χ0v) is 16.3. The van der Waals surface area contributed by atoms with Crippen LogP contribution in [0.2, 0.25) is 0 Å². The van der Waals surface area contributed by atoms with Gasteiger partial charge in [-0.05, 0) is 48.1 Å². The number of fused-ring (bicyclic) bond motifs is 1. The van der Waals surface area contributed by atoms with E-state index in [2.05, 4.69) is 10.6 Å². The quantitative estimate of drug-likeness (QED) is 0.652. The zero-order chi connectivity index (χ0) is 19.7. The maximum atomic E-state index is 12.6. The van der Waals surface area contributed by atoms with Gasteiger partial charge in [-0.1, -0.05) is 37.3 Å². The molecule has 1 aliphatic heterocycles. The van der Waals surface area contributed by atoms with Gasteiger partial charge in [-0.3, -0.25) is 19.7 Å². The highest BCUT2D eigenvalue weighted by molar-refractivity contribution is 7.20. The molecule has 0 aliphatic carbocycles.